The van der Waals surface area contributed by atoms with Gasteiger partial charge >= 0.3 is 0 Å². The second kappa shape index (κ2) is 4.73. The fourth-order valence-electron chi connectivity index (χ4n) is 1.48. The van der Waals surface area contributed by atoms with E-state index in [-0.39, 0.29) is 5.04 Å². The van der Waals surface area contributed by atoms with Gasteiger partial charge in [0, 0.05) is 11.3 Å². The Morgan fingerprint density at radius 2 is 1.82 bits per heavy atom. The third-order valence-corrected chi connectivity index (χ3v) is 8.04. The van der Waals surface area contributed by atoms with Gasteiger partial charge < -0.3 is 10.2 Å². The quantitative estimate of drug-likeness (QED) is 0.645. The number of nitrogen functional groups attached to an aromatic ring is 1. The van der Waals surface area contributed by atoms with Crippen LogP contribution in [0.2, 0.25) is 18.1 Å². The predicted molar refractivity (Wildman–Crippen MR) is 78.1 cm³/mol. The number of nitrogens with two attached hydrogens (primary N) is 1. The van der Waals surface area contributed by atoms with Crippen LogP contribution >= 0.6 is 0 Å². The van der Waals surface area contributed by atoms with Crippen LogP contribution in [-0.4, -0.2) is 8.32 Å². The molecule has 1 rings (SSSR count). The molecule has 0 fully saturated rings. The zero-order chi connectivity index (χ0) is 13.3. The van der Waals surface area contributed by atoms with E-state index in [9.17, 15) is 0 Å². The highest BCUT2D eigenvalue weighted by Crippen LogP contribution is 2.39. The molecule has 0 spiro atoms. The van der Waals surface area contributed by atoms with Gasteiger partial charge in [-0.2, -0.15) is 0 Å². The van der Waals surface area contributed by atoms with Crippen LogP contribution in [0.5, 0.6) is 5.75 Å². The summed E-state index contributed by atoms with van der Waals surface area (Å²) in [6, 6.07) is 5.95. The van der Waals surface area contributed by atoms with Crippen LogP contribution in [0.4, 0.5) is 5.69 Å². The molecule has 0 aliphatic rings. The second-order valence-corrected chi connectivity index (χ2v) is 10.8. The molecule has 96 valence electrons. The average Bonchev–Trinajstić information content (AvgIpc) is 2.15. The summed E-state index contributed by atoms with van der Waals surface area (Å²) in [6.07, 6.45) is 0.913. The van der Waals surface area contributed by atoms with Gasteiger partial charge in [-0.1, -0.05) is 33.8 Å². The van der Waals surface area contributed by atoms with Crippen molar-refractivity contribution in [3.05, 3.63) is 23.8 Å². The summed E-state index contributed by atoms with van der Waals surface area (Å²) in [6.45, 7) is 13.4. The molecular weight excluding hydrogens is 226 g/mol. The van der Waals surface area contributed by atoms with Gasteiger partial charge in [0.15, 0.2) is 0 Å². The van der Waals surface area contributed by atoms with Crippen LogP contribution in [0.1, 0.15) is 33.3 Å². The SMILES string of the molecule is CCc1c(N)cccc1O[Si](C)(C)C(C)(C)C. The summed E-state index contributed by atoms with van der Waals surface area (Å²) in [5.74, 6) is 0.971. The van der Waals surface area contributed by atoms with Crippen LogP contribution in [0.15, 0.2) is 18.2 Å². The molecule has 0 radical (unpaired) electrons. The maximum atomic E-state index is 6.33. The van der Waals surface area contributed by atoms with Crippen molar-refractivity contribution in [2.75, 3.05) is 5.73 Å². The molecule has 3 heteroatoms. The topological polar surface area (TPSA) is 35.2 Å². The zero-order valence-electron chi connectivity index (χ0n) is 11.9. The molecule has 0 aliphatic carbocycles. The van der Waals surface area contributed by atoms with Crippen molar-refractivity contribution in [1.29, 1.82) is 0 Å². The van der Waals surface area contributed by atoms with E-state index in [1.807, 2.05) is 18.2 Å². The molecule has 1 aromatic rings. The minimum Gasteiger partial charge on any atom is -0.543 e. The molecule has 0 amide bonds. The Labute approximate surface area is 106 Å². The van der Waals surface area contributed by atoms with E-state index in [1.165, 1.54) is 0 Å². The first-order chi connectivity index (χ1) is 7.69. The monoisotopic (exact) mass is 251 g/mol. The van der Waals surface area contributed by atoms with Gasteiger partial charge in [0.2, 0.25) is 8.32 Å². The highest BCUT2D eigenvalue weighted by atomic mass is 28.4. The summed E-state index contributed by atoms with van der Waals surface area (Å²) in [5, 5.41) is 0.211. The summed E-state index contributed by atoms with van der Waals surface area (Å²) in [7, 11) is -1.77. The van der Waals surface area contributed by atoms with Crippen molar-refractivity contribution in [3.8, 4) is 5.75 Å². The van der Waals surface area contributed by atoms with Crippen LogP contribution in [0.3, 0.4) is 0 Å². The summed E-state index contributed by atoms with van der Waals surface area (Å²) < 4.78 is 6.33. The minimum atomic E-state index is -1.77. The Hall–Kier alpha value is -0.963. The molecule has 17 heavy (non-hydrogen) atoms. The van der Waals surface area contributed by atoms with Gasteiger partial charge in [0.1, 0.15) is 5.75 Å². The van der Waals surface area contributed by atoms with Gasteiger partial charge in [-0.25, -0.2) is 0 Å². The normalized spacial score (nSPS) is 12.6. The van der Waals surface area contributed by atoms with Crippen molar-refractivity contribution < 1.29 is 4.43 Å². The third-order valence-electron chi connectivity index (χ3n) is 3.69. The third kappa shape index (κ3) is 3.03. The van der Waals surface area contributed by atoms with Crippen LogP contribution in [0, 0.1) is 0 Å². The smallest absolute Gasteiger partial charge is 0.250 e. The first-order valence-corrected chi connectivity index (χ1v) is 9.16. The number of anilines is 1. The maximum absolute atomic E-state index is 6.33. The average molecular weight is 251 g/mol. The fourth-order valence-corrected chi connectivity index (χ4v) is 2.53. The standard InChI is InChI=1S/C14H25NOSi/c1-7-11-12(15)9-8-10-13(11)16-17(5,6)14(2,3)4/h8-10H,7,15H2,1-6H3. The van der Waals surface area contributed by atoms with Gasteiger partial charge in [-0.15, -0.1) is 0 Å². The minimum absolute atomic E-state index is 0.211. The molecule has 0 atom stereocenters. The van der Waals surface area contributed by atoms with E-state index in [0.717, 1.165) is 23.4 Å². The second-order valence-electron chi connectivity index (χ2n) is 6.04. The van der Waals surface area contributed by atoms with E-state index in [0.29, 0.717) is 0 Å². The van der Waals surface area contributed by atoms with E-state index < -0.39 is 8.32 Å². The van der Waals surface area contributed by atoms with Crippen molar-refractivity contribution in [3.63, 3.8) is 0 Å². The number of rotatable bonds is 3. The fraction of sp³-hybridized carbons (Fsp3) is 0.571. The number of hydrogen-bond donors (Lipinski definition) is 1. The molecular formula is C14H25NOSi. The first kappa shape index (κ1) is 14.1. The predicted octanol–water partition coefficient (Wildman–Crippen LogP) is 4.22. The lowest BCUT2D eigenvalue weighted by molar-refractivity contribution is 0.488. The Bertz CT molecular complexity index is 394. The van der Waals surface area contributed by atoms with Crippen molar-refractivity contribution >= 4 is 14.0 Å². The van der Waals surface area contributed by atoms with Crippen molar-refractivity contribution in [1.82, 2.24) is 0 Å². The molecule has 1 aromatic carbocycles. The maximum Gasteiger partial charge on any atom is 0.250 e. The lowest BCUT2D eigenvalue weighted by atomic mass is 10.1. The Morgan fingerprint density at radius 3 is 2.29 bits per heavy atom. The van der Waals surface area contributed by atoms with Gasteiger partial charge in [0.05, 0.1) is 0 Å². The van der Waals surface area contributed by atoms with Crippen LogP contribution < -0.4 is 10.2 Å². The Balaban J connectivity index is 3.08. The highest BCUT2D eigenvalue weighted by Gasteiger charge is 2.39. The molecule has 0 saturated heterocycles. The van der Waals surface area contributed by atoms with E-state index >= 15 is 0 Å². The van der Waals surface area contributed by atoms with Crippen molar-refractivity contribution in [2.45, 2.75) is 52.2 Å². The van der Waals surface area contributed by atoms with Gasteiger partial charge in [-0.3, -0.25) is 0 Å². The highest BCUT2D eigenvalue weighted by molar-refractivity contribution is 6.74. The van der Waals surface area contributed by atoms with E-state index in [4.69, 9.17) is 10.2 Å². The molecule has 0 heterocycles. The number of hydrogen-bond acceptors (Lipinski definition) is 2. The van der Waals surface area contributed by atoms with Crippen molar-refractivity contribution in [2.24, 2.45) is 0 Å². The summed E-state index contributed by atoms with van der Waals surface area (Å²) in [5.41, 5.74) is 7.97. The summed E-state index contributed by atoms with van der Waals surface area (Å²) >= 11 is 0. The number of benzene rings is 1. The molecule has 0 aliphatic heterocycles. The van der Waals surface area contributed by atoms with Crippen LogP contribution in [0.25, 0.3) is 0 Å². The van der Waals surface area contributed by atoms with Crippen LogP contribution in [-0.2, 0) is 6.42 Å². The van der Waals surface area contributed by atoms with Gasteiger partial charge in [-0.05, 0) is 36.7 Å². The Kier molecular flexibility index (Phi) is 3.92. The zero-order valence-corrected chi connectivity index (χ0v) is 12.9. The summed E-state index contributed by atoms with van der Waals surface area (Å²) in [4.78, 5) is 0. The molecule has 2 nitrogen and oxygen atoms in total. The lowest BCUT2D eigenvalue weighted by Gasteiger charge is -2.37. The molecule has 0 saturated carbocycles. The van der Waals surface area contributed by atoms with E-state index in [1.54, 1.807) is 0 Å². The Morgan fingerprint density at radius 1 is 1.24 bits per heavy atom. The largest absolute Gasteiger partial charge is 0.543 e. The molecule has 0 unspecified atom stereocenters. The van der Waals surface area contributed by atoms with Gasteiger partial charge in [0.25, 0.3) is 0 Å². The molecule has 0 bridgehead atoms. The lowest BCUT2D eigenvalue weighted by Crippen LogP contribution is -2.44. The molecule has 0 aromatic heterocycles. The molecule has 2 N–H and O–H groups in total. The van der Waals surface area contributed by atoms with E-state index in [2.05, 4.69) is 40.8 Å². The first-order valence-electron chi connectivity index (χ1n) is 6.25.